The van der Waals surface area contributed by atoms with Crippen molar-refractivity contribution in [1.29, 1.82) is 0 Å². The third kappa shape index (κ3) is 3.13. The summed E-state index contributed by atoms with van der Waals surface area (Å²) in [7, 11) is -3.54. The Kier molecular flexibility index (Phi) is 4.79. The normalized spacial score (nSPS) is 16.6. The van der Waals surface area contributed by atoms with E-state index in [9.17, 15) is 8.42 Å². The number of rotatable bonds is 3. The van der Waals surface area contributed by atoms with E-state index >= 15 is 0 Å². The van der Waals surface area contributed by atoms with Gasteiger partial charge in [-0.1, -0.05) is 23.2 Å². The van der Waals surface area contributed by atoms with Gasteiger partial charge in [0.25, 0.3) is 0 Å². The second-order valence-electron chi connectivity index (χ2n) is 5.75. The van der Waals surface area contributed by atoms with Gasteiger partial charge in [0.05, 0.1) is 22.1 Å². The molecule has 2 heterocycles. The van der Waals surface area contributed by atoms with Gasteiger partial charge in [0.15, 0.2) is 0 Å². The van der Waals surface area contributed by atoms with Gasteiger partial charge < -0.3 is 4.90 Å². The topological polar surface area (TPSA) is 69.3 Å². The van der Waals surface area contributed by atoms with E-state index in [0.29, 0.717) is 47.6 Å². The highest BCUT2D eigenvalue weighted by molar-refractivity contribution is 7.89. The highest BCUT2D eigenvalue weighted by atomic mass is 35.5. The van der Waals surface area contributed by atoms with Crippen molar-refractivity contribution in [2.45, 2.75) is 18.7 Å². The number of benzene rings is 1. The molecular weight excluding hydrogens is 371 g/mol. The first-order chi connectivity index (χ1) is 11.3. The summed E-state index contributed by atoms with van der Waals surface area (Å²) >= 11 is 12.2. The van der Waals surface area contributed by atoms with Crippen LogP contribution in [0.2, 0.25) is 10.0 Å². The molecule has 2 aromatic rings. The molecule has 0 saturated carbocycles. The molecule has 24 heavy (non-hydrogen) atoms. The van der Waals surface area contributed by atoms with E-state index in [4.69, 9.17) is 23.2 Å². The van der Waals surface area contributed by atoms with Crippen molar-refractivity contribution >= 4 is 38.9 Å². The number of hydrogen-bond donors (Lipinski definition) is 1. The van der Waals surface area contributed by atoms with Gasteiger partial charge in [-0.2, -0.15) is 9.40 Å². The quantitative estimate of drug-likeness (QED) is 0.877. The molecular formula is C15H18Cl2N4O2S. The van der Waals surface area contributed by atoms with E-state index in [1.807, 2.05) is 6.07 Å². The largest absolute Gasteiger partial charge is 0.368 e. The Morgan fingerprint density at radius 1 is 1.12 bits per heavy atom. The molecule has 6 nitrogen and oxygen atoms in total. The SMILES string of the molecule is Cc1n[nH]c(C)c1S(=O)(=O)N1CCN(c2ccc(Cl)cc2Cl)CC1. The van der Waals surface area contributed by atoms with Crippen LogP contribution >= 0.6 is 23.2 Å². The van der Waals surface area contributed by atoms with Gasteiger partial charge >= 0.3 is 0 Å². The number of halogens is 2. The third-order valence-corrected chi connectivity index (χ3v) is 6.85. The fraction of sp³-hybridized carbons (Fsp3) is 0.400. The number of H-pyrrole nitrogens is 1. The zero-order chi connectivity index (χ0) is 17.5. The fourth-order valence-electron chi connectivity index (χ4n) is 2.96. The Hall–Kier alpha value is -1.28. The Morgan fingerprint density at radius 2 is 1.79 bits per heavy atom. The molecule has 0 aliphatic carbocycles. The molecule has 3 rings (SSSR count). The molecule has 1 fully saturated rings. The smallest absolute Gasteiger partial charge is 0.246 e. The van der Waals surface area contributed by atoms with Gasteiger partial charge in [-0.15, -0.1) is 0 Å². The van der Waals surface area contributed by atoms with Gasteiger partial charge in [-0.25, -0.2) is 8.42 Å². The van der Waals surface area contributed by atoms with Gasteiger partial charge in [-0.05, 0) is 32.0 Å². The van der Waals surface area contributed by atoms with Crippen LogP contribution in [-0.4, -0.2) is 49.1 Å². The van der Waals surface area contributed by atoms with Crippen LogP contribution in [0, 0.1) is 13.8 Å². The van der Waals surface area contributed by atoms with Crippen LogP contribution in [0.25, 0.3) is 0 Å². The van der Waals surface area contributed by atoms with Crippen LogP contribution in [-0.2, 0) is 10.0 Å². The molecule has 0 amide bonds. The summed E-state index contributed by atoms with van der Waals surface area (Å²) in [6.07, 6.45) is 0. The molecule has 1 aliphatic heterocycles. The zero-order valence-corrected chi connectivity index (χ0v) is 15.7. The number of aromatic amines is 1. The second-order valence-corrected chi connectivity index (χ2v) is 8.47. The average molecular weight is 389 g/mol. The Labute approximate surface area is 151 Å². The molecule has 0 atom stereocenters. The first-order valence-corrected chi connectivity index (χ1v) is 9.72. The van der Waals surface area contributed by atoms with E-state index in [1.165, 1.54) is 4.31 Å². The summed E-state index contributed by atoms with van der Waals surface area (Å²) in [5.41, 5.74) is 1.93. The van der Waals surface area contributed by atoms with Gasteiger partial charge in [0, 0.05) is 31.2 Å². The molecule has 1 aromatic heterocycles. The molecule has 0 unspecified atom stereocenters. The maximum absolute atomic E-state index is 12.8. The summed E-state index contributed by atoms with van der Waals surface area (Å²) in [6, 6.07) is 5.34. The summed E-state index contributed by atoms with van der Waals surface area (Å²) in [5, 5.41) is 7.87. The number of sulfonamides is 1. The predicted molar refractivity (Wildman–Crippen MR) is 95.5 cm³/mol. The number of nitrogens with zero attached hydrogens (tertiary/aromatic N) is 3. The monoisotopic (exact) mass is 388 g/mol. The molecule has 1 saturated heterocycles. The van der Waals surface area contributed by atoms with Crippen molar-refractivity contribution in [3.63, 3.8) is 0 Å². The van der Waals surface area contributed by atoms with Crippen molar-refractivity contribution in [2.75, 3.05) is 31.1 Å². The second kappa shape index (κ2) is 6.55. The minimum absolute atomic E-state index is 0.278. The number of aromatic nitrogens is 2. The summed E-state index contributed by atoms with van der Waals surface area (Å²) in [6.45, 7) is 5.33. The first-order valence-electron chi connectivity index (χ1n) is 7.52. The Bertz CT molecular complexity index is 839. The van der Waals surface area contributed by atoms with Crippen LogP contribution in [0.3, 0.4) is 0 Å². The maximum Gasteiger partial charge on any atom is 0.246 e. The molecule has 0 bridgehead atoms. The lowest BCUT2D eigenvalue weighted by atomic mass is 10.2. The van der Waals surface area contributed by atoms with E-state index in [1.54, 1.807) is 26.0 Å². The van der Waals surface area contributed by atoms with Crippen molar-refractivity contribution < 1.29 is 8.42 Å². The molecule has 1 aromatic carbocycles. The molecule has 9 heteroatoms. The van der Waals surface area contributed by atoms with Crippen molar-refractivity contribution in [2.24, 2.45) is 0 Å². The molecule has 0 spiro atoms. The number of anilines is 1. The summed E-state index contributed by atoms with van der Waals surface area (Å²) in [5.74, 6) is 0. The van der Waals surface area contributed by atoms with Crippen molar-refractivity contribution in [1.82, 2.24) is 14.5 Å². The first kappa shape index (κ1) is 17.5. The third-order valence-electron chi connectivity index (χ3n) is 4.15. The van der Waals surface area contributed by atoms with Crippen LogP contribution in [0.1, 0.15) is 11.4 Å². The van der Waals surface area contributed by atoms with Gasteiger partial charge in [-0.3, -0.25) is 5.10 Å². The standard InChI is InChI=1S/C15H18Cl2N4O2S/c1-10-15(11(2)19-18-10)24(22,23)21-7-5-20(6-8-21)14-4-3-12(16)9-13(14)17/h3-4,9H,5-8H2,1-2H3,(H,18,19). The lowest BCUT2D eigenvalue weighted by Gasteiger charge is -2.35. The molecule has 1 N–H and O–H groups in total. The lowest BCUT2D eigenvalue weighted by molar-refractivity contribution is 0.384. The fourth-order valence-corrected chi connectivity index (χ4v) is 5.24. The zero-order valence-electron chi connectivity index (χ0n) is 13.4. The summed E-state index contributed by atoms with van der Waals surface area (Å²) < 4.78 is 27.2. The van der Waals surface area contributed by atoms with E-state index < -0.39 is 10.0 Å². The Balaban J connectivity index is 1.78. The Morgan fingerprint density at radius 3 is 2.33 bits per heavy atom. The van der Waals surface area contributed by atoms with E-state index in [2.05, 4.69) is 15.1 Å². The summed E-state index contributed by atoms with van der Waals surface area (Å²) in [4.78, 5) is 2.35. The molecule has 0 radical (unpaired) electrons. The van der Waals surface area contributed by atoms with E-state index in [-0.39, 0.29) is 4.90 Å². The number of nitrogens with one attached hydrogen (secondary N) is 1. The molecule has 1 aliphatic rings. The van der Waals surface area contributed by atoms with Crippen LogP contribution in [0.5, 0.6) is 0 Å². The predicted octanol–water partition coefficient (Wildman–Crippen LogP) is 2.84. The lowest BCUT2D eigenvalue weighted by Crippen LogP contribution is -2.48. The van der Waals surface area contributed by atoms with Crippen LogP contribution in [0.15, 0.2) is 23.1 Å². The van der Waals surface area contributed by atoms with Crippen LogP contribution in [0.4, 0.5) is 5.69 Å². The van der Waals surface area contributed by atoms with Crippen LogP contribution < -0.4 is 4.90 Å². The number of piperazine rings is 1. The average Bonchev–Trinajstić information content (AvgIpc) is 2.87. The molecule has 130 valence electrons. The highest BCUT2D eigenvalue weighted by Gasteiger charge is 2.32. The minimum Gasteiger partial charge on any atom is -0.368 e. The van der Waals surface area contributed by atoms with Gasteiger partial charge in [0.2, 0.25) is 10.0 Å². The highest BCUT2D eigenvalue weighted by Crippen LogP contribution is 2.30. The number of aryl methyl sites for hydroxylation is 2. The van der Waals surface area contributed by atoms with E-state index in [0.717, 1.165) is 5.69 Å². The van der Waals surface area contributed by atoms with Crippen molar-refractivity contribution in [3.8, 4) is 0 Å². The maximum atomic E-state index is 12.8. The van der Waals surface area contributed by atoms with Crippen molar-refractivity contribution in [3.05, 3.63) is 39.6 Å². The minimum atomic E-state index is -3.54. The van der Waals surface area contributed by atoms with Gasteiger partial charge in [0.1, 0.15) is 4.90 Å². The number of hydrogen-bond acceptors (Lipinski definition) is 4.